The van der Waals surface area contributed by atoms with Crippen molar-refractivity contribution < 1.29 is 13.2 Å². The van der Waals surface area contributed by atoms with Gasteiger partial charge >= 0.3 is 6.18 Å². The highest BCUT2D eigenvalue weighted by atomic mass is 35.5. The van der Waals surface area contributed by atoms with Crippen LogP contribution in [0.15, 0.2) is 58.4 Å². The molecule has 3 rings (SSSR count). The monoisotopic (exact) mass is 417 g/mol. The van der Waals surface area contributed by atoms with Gasteiger partial charge in [-0.15, -0.1) is 0 Å². The van der Waals surface area contributed by atoms with E-state index in [-0.39, 0.29) is 27.8 Å². The quantitative estimate of drug-likeness (QED) is 0.485. The van der Waals surface area contributed by atoms with E-state index < -0.39 is 17.3 Å². The Morgan fingerprint density at radius 1 is 1.21 bits per heavy atom. The number of anilines is 1. The maximum atomic E-state index is 12.8. The largest absolute Gasteiger partial charge is 0.416 e. The number of H-pyrrole nitrogens is 1. The number of nitrogens with one attached hydrogen (secondary N) is 2. The van der Waals surface area contributed by atoms with Gasteiger partial charge < -0.3 is 0 Å². The van der Waals surface area contributed by atoms with Crippen molar-refractivity contribution in [1.29, 1.82) is 5.26 Å². The third-order valence-corrected chi connectivity index (χ3v) is 4.12. The van der Waals surface area contributed by atoms with Gasteiger partial charge in [-0.05, 0) is 18.2 Å². The van der Waals surface area contributed by atoms with Crippen molar-refractivity contribution in [3.05, 3.63) is 80.6 Å². The number of aromatic amines is 1. The summed E-state index contributed by atoms with van der Waals surface area (Å²) in [6.07, 6.45) is -3.46. The molecule has 29 heavy (non-hydrogen) atoms. The molecule has 0 atom stereocenters. The van der Waals surface area contributed by atoms with Crippen LogP contribution in [0.2, 0.25) is 5.02 Å². The van der Waals surface area contributed by atoms with Crippen LogP contribution >= 0.6 is 11.6 Å². The topological polar surface area (TPSA) is 93.9 Å². The minimum atomic E-state index is -4.52. The van der Waals surface area contributed by atoms with Crippen molar-refractivity contribution in [3.8, 4) is 17.3 Å². The molecule has 10 heteroatoms. The van der Waals surface area contributed by atoms with Crippen LogP contribution in [0.3, 0.4) is 0 Å². The van der Waals surface area contributed by atoms with Gasteiger partial charge in [-0.1, -0.05) is 41.9 Å². The second-order valence-electron chi connectivity index (χ2n) is 5.72. The van der Waals surface area contributed by atoms with E-state index in [4.69, 9.17) is 11.6 Å². The first-order chi connectivity index (χ1) is 13.8. The Hall–Kier alpha value is -3.64. The van der Waals surface area contributed by atoms with Gasteiger partial charge in [0.25, 0.3) is 5.56 Å². The lowest BCUT2D eigenvalue weighted by Gasteiger charge is -2.08. The second-order valence-corrected chi connectivity index (χ2v) is 6.13. The molecule has 0 spiro atoms. The van der Waals surface area contributed by atoms with Gasteiger partial charge in [0.15, 0.2) is 0 Å². The molecule has 3 aromatic rings. The molecule has 6 nitrogen and oxygen atoms in total. The third kappa shape index (κ3) is 4.62. The van der Waals surface area contributed by atoms with Crippen LogP contribution in [0, 0.1) is 11.3 Å². The Balaban J connectivity index is 1.92. The second kappa shape index (κ2) is 8.16. The zero-order chi connectivity index (χ0) is 21.0. The van der Waals surface area contributed by atoms with Crippen LogP contribution in [0.5, 0.6) is 0 Å². The Labute approximate surface area is 167 Å². The minimum Gasteiger partial charge on any atom is -0.290 e. The fourth-order valence-corrected chi connectivity index (χ4v) is 2.58. The van der Waals surface area contributed by atoms with Crippen LogP contribution in [0.1, 0.15) is 16.7 Å². The summed E-state index contributed by atoms with van der Waals surface area (Å²) < 4.78 is 38.5. The summed E-state index contributed by atoms with van der Waals surface area (Å²) in [5.41, 5.74) is 1.41. The predicted molar refractivity (Wildman–Crippen MR) is 103 cm³/mol. The summed E-state index contributed by atoms with van der Waals surface area (Å²) in [6.45, 7) is 0. The molecule has 1 heterocycles. The van der Waals surface area contributed by atoms with Crippen LogP contribution < -0.4 is 11.0 Å². The maximum Gasteiger partial charge on any atom is 0.416 e. The molecule has 0 fully saturated rings. The van der Waals surface area contributed by atoms with Crippen molar-refractivity contribution in [2.75, 3.05) is 5.43 Å². The van der Waals surface area contributed by atoms with Crippen LogP contribution in [-0.4, -0.2) is 16.2 Å². The van der Waals surface area contributed by atoms with Crippen molar-refractivity contribution in [3.63, 3.8) is 0 Å². The standard InChI is InChI=1S/C19H11ClF3N5O/c20-15-7-6-13(19(21,22)23)8-12(15)10-25-28-18-26-16(11-4-2-1-3-5-11)14(9-24)17(29)27-18/h1-8,10H,(H2,26,27,28,29). The molecule has 0 unspecified atom stereocenters. The number of benzene rings is 2. The fraction of sp³-hybridized carbons (Fsp3) is 0.0526. The van der Waals surface area contributed by atoms with Gasteiger partial charge in [0, 0.05) is 16.1 Å². The molecular formula is C19H11ClF3N5O. The molecule has 0 saturated heterocycles. The van der Waals surface area contributed by atoms with Crippen LogP contribution in [-0.2, 0) is 6.18 Å². The smallest absolute Gasteiger partial charge is 0.290 e. The summed E-state index contributed by atoms with van der Waals surface area (Å²) in [6, 6.07) is 13.2. The molecule has 0 aliphatic rings. The van der Waals surface area contributed by atoms with Crippen LogP contribution in [0.25, 0.3) is 11.3 Å². The molecule has 0 saturated carbocycles. The number of aromatic nitrogens is 2. The van der Waals surface area contributed by atoms with E-state index in [1.54, 1.807) is 36.4 Å². The Bertz CT molecular complexity index is 1170. The lowest BCUT2D eigenvalue weighted by atomic mass is 10.1. The number of hydrogen-bond donors (Lipinski definition) is 2. The SMILES string of the molecule is N#Cc1c(-c2ccccc2)nc(NN=Cc2cc(C(F)(F)F)ccc2Cl)[nH]c1=O. The summed E-state index contributed by atoms with van der Waals surface area (Å²) >= 11 is 5.90. The zero-order valence-corrected chi connectivity index (χ0v) is 15.2. The van der Waals surface area contributed by atoms with Crippen molar-refractivity contribution >= 4 is 23.8 Å². The molecule has 0 aliphatic heterocycles. The fourth-order valence-electron chi connectivity index (χ4n) is 2.42. The number of halogens is 4. The number of alkyl halides is 3. The minimum absolute atomic E-state index is 0.0215. The molecule has 2 aromatic carbocycles. The normalized spacial score (nSPS) is 11.4. The average molecular weight is 418 g/mol. The predicted octanol–water partition coefficient (Wildman–Crippen LogP) is 4.43. The first-order valence-corrected chi connectivity index (χ1v) is 8.43. The molecule has 0 bridgehead atoms. The van der Waals surface area contributed by atoms with Gasteiger partial charge in [0.1, 0.15) is 11.6 Å². The van der Waals surface area contributed by atoms with Crippen molar-refractivity contribution in [2.45, 2.75) is 6.18 Å². The Morgan fingerprint density at radius 3 is 2.59 bits per heavy atom. The number of nitriles is 1. The molecule has 0 aliphatic carbocycles. The Morgan fingerprint density at radius 2 is 1.93 bits per heavy atom. The number of hydrazone groups is 1. The lowest BCUT2D eigenvalue weighted by Crippen LogP contribution is -2.16. The number of hydrogen-bond acceptors (Lipinski definition) is 5. The zero-order valence-electron chi connectivity index (χ0n) is 14.5. The number of rotatable bonds is 4. The average Bonchev–Trinajstić information content (AvgIpc) is 2.69. The first-order valence-electron chi connectivity index (χ1n) is 8.05. The summed E-state index contributed by atoms with van der Waals surface area (Å²) in [5, 5.41) is 13.1. The van der Waals surface area contributed by atoms with Crippen molar-refractivity contribution in [2.24, 2.45) is 5.10 Å². The Kier molecular flexibility index (Phi) is 5.66. The highest BCUT2D eigenvalue weighted by Gasteiger charge is 2.30. The first kappa shape index (κ1) is 20.1. The van der Waals surface area contributed by atoms with Crippen LogP contribution in [0.4, 0.5) is 19.1 Å². The van der Waals surface area contributed by atoms with E-state index in [1.165, 1.54) is 0 Å². The van der Waals surface area contributed by atoms with Crippen molar-refractivity contribution in [1.82, 2.24) is 9.97 Å². The molecule has 2 N–H and O–H groups in total. The van der Waals surface area contributed by atoms with Gasteiger partial charge in [0.05, 0.1) is 17.5 Å². The highest BCUT2D eigenvalue weighted by Crippen LogP contribution is 2.31. The lowest BCUT2D eigenvalue weighted by molar-refractivity contribution is -0.137. The molecule has 146 valence electrons. The summed E-state index contributed by atoms with van der Waals surface area (Å²) in [4.78, 5) is 18.7. The maximum absolute atomic E-state index is 12.8. The highest BCUT2D eigenvalue weighted by molar-refractivity contribution is 6.33. The summed E-state index contributed by atoms with van der Waals surface area (Å²) in [5.74, 6) is -0.0906. The van der Waals surface area contributed by atoms with E-state index >= 15 is 0 Å². The van der Waals surface area contributed by atoms with Gasteiger partial charge in [-0.2, -0.15) is 23.5 Å². The summed E-state index contributed by atoms with van der Waals surface area (Å²) in [7, 11) is 0. The van der Waals surface area contributed by atoms with E-state index in [0.29, 0.717) is 5.56 Å². The molecule has 0 amide bonds. The number of nitrogens with zero attached hydrogens (tertiary/aromatic N) is 3. The van der Waals surface area contributed by atoms with E-state index in [9.17, 15) is 23.2 Å². The molecular weight excluding hydrogens is 407 g/mol. The van der Waals surface area contributed by atoms with Gasteiger partial charge in [-0.3, -0.25) is 9.78 Å². The van der Waals surface area contributed by atoms with E-state index in [2.05, 4.69) is 20.5 Å². The molecule has 0 radical (unpaired) electrons. The van der Waals surface area contributed by atoms with E-state index in [1.807, 2.05) is 0 Å². The van der Waals surface area contributed by atoms with E-state index in [0.717, 1.165) is 24.4 Å². The van der Waals surface area contributed by atoms with Gasteiger partial charge in [0.2, 0.25) is 5.95 Å². The third-order valence-electron chi connectivity index (χ3n) is 3.78. The molecule has 1 aromatic heterocycles. The van der Waals surface area contributed by atoms with Gasteiger partial charge in [-0.25, -0.2) is 10.4 Å².